The summed E-state index contributed by atoms with van der Waals surface area (Å²) in [5, 5.41) is 14.1. The molecule has 0 bridgehead atoms. The summed E-state index contributed by atoms with van der Waals surface area (Å²) in [6.45, 7) is 10.1. The van der Waals surface area contributed by atoms with Gasteiger partial charge in [0.05, 0.1) is 17.0 Å². The van der Waals surface area contributed by atoms with Gasteiger partial charge < -0.3 is 14.8 Å². The van der Waals surface area contributed by atoms with Gasteiger partial charge in [-0.25, -0.2) is 4.98 Å². The molecule has 0 saturated carbocycles. The van der Waals surface area contributed by atoms with E-state index in [0.29, 0.717) is 33.8 Å². The monoisotopic (exact) mass is 647 g/mol. The number of carbonyl (C=O) groups is 1. The van der Waals surface area contributed by atoms with Gasteiger partial charge in [0.15, 0.2) is 5.82 Å². The number of nitrogens with zero attached hydrogens (tertiary/aromatic N) is 6. The molecular formula is C38H42ClN7O. The lowest BCUT2D eigenvalue weighted by Gasteiger charge is -2.33. The number of nitriles is 1. The number of carbonyl (C=O) groups excluding carboxylic acids is 1. The predicted octanol–water partition coefficient (Wildman–Crippen LogP) is 7.41. The van der Waals surface area contributed by atoms with Gasteiger partial charge in [-0.15, -0.1) is 0 Å². The van der Waals surface area contributed by atoms with E-state index in [-0.39, 0.29) is 5.91 Å². The first-order chi connectivity index (χ1) is 22.6. The quantitative estimate of drug-likeness (QED) is 0.225. The van der Waals surface area contributed by atoms with E-state index in [0.717, 1.165) is 66.2 Å². The van der Waals surface area contributed by atoms with Gasteiger partial charge in [-0.2, -0.15) is 5.26 Å². The van der Waals surface area contributed by atoms with E-state index in [1.54, 1.807) is 6.20 Å². The van der Waals surface area contributed by atoms with Gasteiger partial charge in [-0.3, -0.25) is 14.7 Å². The van der Waals surface area contributed by atoms with Crippen molar-refractivity contribution < 1.29 is 4.79 Å². The molecule has 242 valence electrons. The summed E-state index contributed by atoms with van der Waals surface area (Å²) in [7, 11) is 3.96. The SMILES string of the molecule is Cc1cc(/C=C/c2nccc(-c3cccc(NC(=O)c4nc5c(n4C)CCN(C)C5)c3C)c2C#N)c(Cl)cc1CN1CCCC[C@H]1C. The maximum Gasteiger partial charge on any atom is 0.291 e. The first kappa shape index (κ1) is 32.6. The maximum absolute atomic E-state index is 13.4. The van der Waals surface area contributed by atoms with Crippen LogP contribution in [0, 0.1) is 25.2 Å². The highest BCUT2D eigenvalue weighted by atomic mass is 35.5. The van der Waals surface area contributed by atoms with E-state index in [4.69, 9.17) is 11.6 Å². The average molecular weight is 648 g/mol. The molecule has 1 N–H and O–H groups in total. The van der Waals surface area contributed by atoms with Crippen molar-refractivity contribution >= 4 is 35.3 Å². The summed E-state index contributed by atoms with van der Waals surface area (Å²) < 4.78 is 1.91. The van der Waals surface area contributed by atoms with Gasteiger partial charge >= 0.3 is 0 Å². The minimum Gasteiger partial charge on any atom is -0.327 e. The standard InChI is InChI=1S/C38H42ClN7O/c1-24-19-27(32(39)20-28(24)22-46-17-7-6-9-25(46)2)12-13-34-31(21-40)30(14-16-41-34)29-10-8-11-33(26(29)3)43-38(47)37-42-35-23-44(4)18-15-36(35)45(37)5/h8,10-14,16,19-20,25H,6-7,9,15,17-18,22-23H2,1-5H3,(H,43,47)/b13-12+/t25-/m1/s1. The minimum atomic E-state index is -0.257. The summed E-state index contributed by atoms with van der Waals surface area (Å²) in [5.41, 5.74) is 9.53. The van der Waals surface area contributed by atoms with Crippen molar-refractivity contribution in [2.45, 2.75) is 65.6 Å². The highest BCUT2D eigenvalue weighted by Crippen LogP contribution is 2.33. The van der Waals surface area contributed by atoms with Crippen molar-refractivity contribution in [3.63, 3.8) is 0 Å². The fourth-order valence-electron chi connectivity index (χ4n) is 6.87. The molecule has 1 fully saturated rings. The van der Waals surface area contributed by atoms with Crippen LogP contribution in [-0.4, -0.2) is 56.4 Å². The number of likely N-dealkylation sites (tertiary alicyclic amines) is 1. The number of piperidine rings is 1. The van der Waals surface area contributed by atoms with Gasteiger partial charge in [0.25, 0.3) is 5.91 Å². The van der Waals surface area contributed by atoms with Gasteiger partial charge in [0.2, 0.25) is 0 Å². The van der Waals surface area contributed by atoms with Crippen LogP contribution in [0.15, 0.2) is 42.6 Å². The average Bonchev–Trinajstić information content (AvgIpc) is 3.38. The molecule has 6 rings (SSSR count). The Balaban J connectivity index is 1.25. The first-order valence-corrected chi connectivity index (χ1v) is 16.8. The van der Waals surface area contributed by atoms with Crippen molar-refractivity contribution in [3.05, 3.63) is 98.3 Å². The van der Waals surface area contributed by atoms with E-state index in [2.05, 4.69) is 64.2 Å². The number of pyridine rings is 1. The molecule has 2 aliphatic rings. The Kier molecular flexibility index (Phi) is 9.60. The van der Waals surface area contributed by atoms with E-state index >= 15 is 0 Å². The van der Waals surface area contributed by atoms with E-state index in [9.17, 15) is 10.1 Å². The lowest BCUT2D eigenvalue weighted by molar-refractivity contribution is 0.101. The minimum absolute atomic E-state index is 0.257. The fraction of sp³-hybridized carbons (Fsp3) is 0.368. The van der Waals surface area contributed by atoms with Gasteiger partial charge in [-0.1, -0.05) is 42.3 Å². The first-order valence-electron chi connectivity index (χ1n) is 16.4. The number of imidazole rings is 1. The van der Waals surface area contributed by atoms with E-state index in [1.807, 2.05) is 55.0 Å². The molecule has 1 amide bonds. The topological polar surface area (TPSA) is 90.1 Å². The Morgan fingerprint density at radius 1 is 1.13 bits per heavy atom. The Morgan fingerprint density at radius 2 is 1.96 bits per heavy atom. The second-order valence-electron chi connectivity index (χ2n) is 13.0. The highest BCUT2D eigenvalue weighted by Gasteiger charge is 2.25. The van der Waals surface area contributed by atoms with Crippen molar-refractivity contribution in [2.75, 3.05) is 25.5 Å². The van der Waals surface area contributed by atoms with Gasteiger partial charge in [-0.05, 0) is 99.3 Å². The fourth-order valence-corrected chi connectivity index (χ4v) is 7.12. The molecule has 0 spiro atoms. The lowest BCUT2D eigenvalue weighted by atomic mass is 9.94. The van der Waals surface area contributed by atoms with Gasteiger partial charge in [0, 0.05) is 67.3 Å². The zero-order valence-electron chi connectivity index (χ0n) is 27.9. The van der Waals surface area contributed by atoms with Crippen LogP contribution in [0.4, 0.5) is 5.69 Å². The molecule has 9 heteroatoms. The summed E-state index contributed by atoms with van der Waals surface area (Å²) in [6, 6.07) is 14.7. The van der Waals surface area contributed by atoms with Gasteiger partial charge in [0.1, 0.15) is 6.07 Å². The third-order valence-corrected chi connectivity index (χ3v) is 10.1. The smallest absolute Gasteiger partial charge is 0.291 e. The normalized spacial score (nSPS) is 17.1. The number of rotatable bonds is 7. The Bertz CT molecular complexity index is 1900. The maximum atomic E-state index is 13.4. The highest BCUT2D eigenvalue weighted by molar-refractivity contribution is 6.32. The third kappa shape index (κ3) is 6.75. The number of benzene rings is 2. The van der Waals surface area contributed by atoms with Crippen LogP contribution in [0.25, 0.3) is 23.3 Å². The number of likely N-dealkylation sites (N-methyl/N-ethyl adjacent to an activating group) is 1. The molecule has 1 saturated heterocycles. The van der Waals surface area contributed by atoms with Crippen LogP contribution in [0.1, 0.15) is 81.7 Å². The number of hydrogen-bond donors (Lipinski definition) is 1. The number of fused-ring (bicyclic) bond motifs is 1. The Morgan fingerprint density at radius 3 is 2.74 bits per heavy atom. The molecule has 8 nitrogen and oxygen atoms in total. The molecule has 0 radical (unpaired) electrons. The summed E-state index contributed by atoms with van der Waals surface area (Å²) in [5.74, 6) is 0.138. The number of nitrogens with one attached hydrogen (secondary N) is 1. The number of aromatic nitrogens is 3. The molecular weight excluding hydrogens is 606 g/mol. The van der Waals surface area contributed by atoms with Crippen LogP contribution < -0.4 is 5.32 Å². The van der Waals surface area contributed by atoms with Crippen molar-refractivity contribution in [1.82, 2.24) is 24.3 Å². The zero-order valence-corrected chi connectivity index (χ0v) is 28.7. The van der Waals surface area contributed by atoms with E-state index in [1.165, 1.54) is 30.4 Å². The van der Waals surface area contributed by atoms with Crippen LogP contribution in [0.2, 0.25) is 5.02 Å². The molecule has 0 aliphatic carbocycles. The zero-order chi connectivity index (χ0) is 33.2. The third-order valence-electron chi connectivity index (χ3n) is 9.80. The van der Waals surface area contributed by atoms with Crippen molar-refractivity contribution in [1.29, 1.82) is 5.26 Å². The Hall–Kier alpha value is -4.29. The summed E-state index contributed by atoms with van der Waals surface area (Å²) in [4.78, 5) is 27.4. The molecule has 2 aromatic heterocycles. The molecule has 2 aromatic carbocycles. The van der Waals surface area contributed by atoms with Crippen LogP contribution in [0.5, 0.6) is 0 Å². The molecule has 0 unspecified atom stereocenters. The van der Waals surface area contributed by atoms with Crippen LogP contribution in [0.3, 0.4) is 0 Å². The second-order valence-corrected chi connectivity index (χ2v) is 13.4. The predicted molar refractivity (Wildman–Crippen MR) is 189 cm³/mol. The number of anilines is 1. The largest absolute Gasteiger partial charge is 0.327 e. The molecule has 4 heterocycles. The molecule has 1 atom stereocenters. The summed E-state index contributed by atoms with van der Waals surface area (Å²) >= 11 is 6.79. The van der Waals surface area contributed by atoms with Crippen LogP contribution in [-0.2, 0) is 26.6 Å². The number of aryl methyl sites for hydroxylation is 1. The van der Waals surface area contributed by atoms with Crippen molar-refractivity contribution in [2.24, 2.45) is 7.05 Å². The Labute approximate surface area is 282 Å². The summed E-state index contributed by atoms with van der Waals surface area (Å²) in [6.07, 6.45) is 10.2. The number of amides is 1. The number of hydrogen-bond acceptors (Lipinski definition) is 6. The lowest BCUT2D eigenvalue weighted by Crippen LogP contribution is -2.36. The molecule has 2 aliphatic heterocycles. The molecule has 4 aromatic rings. The second kappa shape index (κ2) is 13.8. The number of halogens is 1. The van der Waals surface area contributed by atoms with Crippen molar-refractivity contribution in [3.8, 4) is 17.2 Å². The van der Waals surface area contributed by atoms with E-state index < -0.39 is 0 Å². The molecule has 47 heavy (non-hydrogen) atoms. The van der Waals surface area contributed by atoms with Crippen LogP contribution >= 0.6 is 11.6 Å².